The standard InChI is InChI=1S/C15H25NO.ClH/c1-5-7-17-15-12(4)8-11(3)9-13(15)10-14(16)6-2;/h8-9,14H,5-7,10,16H2,1-4H3;1H. The van der Waals surface area contributed by atoms with E-state index in [0.717, 1.165) is 31.6 Å². The number of nitrogens with two attached hydrogens (primary N) is 1. The molecule has 0 aromatic heterocycles. The fraction of sp³-hybridized carbons (Fsp3) is 0.600. The van der Waals surface area contributed by atoms with E-state index in [2.05, 4.69) is 39.8 Å². The summed E-state index contributed by atoms with van der Waals surface area (Å²) >= 11 is 0. The van der Waals surface area contributed by atoms with E-state index < -0.39 is 0 Å². The first kappa shape index (κ1) is 17.3. The number of halogens is 1. The van der Waals surface area contributed by atoms with Crippen LogP contribution in [0.15, 0.2) is 12.1 Å². The molecule has 0 aliphatic rings. The Balaban J connectivity index is 0.00000289. The summed E-state index contributed by atoms with van der Waals surface area (Å²) in [6, 6.07) is 4.60. The van der Waals surface area contributed by atoms with Crippen LogP contribution < -0.4 is 10.5 Å². The van der Waals surface area contributed by atoms with Gasteiger partial charge in [0.15, 0.2) is 0 Å². The van der Waals surface area contributed by atoms with Gasteiger partial charge in [0.1, 0.15) is 5.75 Å². The first-order chi connectivity index (χ1) is 8.08. The molecule has 1 rings (SSSR count). The Morgan fingerprint density at radius 2 is 1.89 bits per heavy atom. The molecule has 2 nitrogen and oxygen atoms in total. The number of hydrogen-bond donors (Lipinski definition) is 1. The molecule has 3 heteroatoms. The molecule has 0 amide bonds. The van der Waals surface area contributed by atoms with Crippen LogP contribution >= 0.6 is 12.4 Å². The molecule has 1 unspecified atom stereocenters. The molecule has 0 radical (unpaired) electrons. The summed E-state index contributed by atoms with van der Waals surface area (Å²) in [6.45, 7) is 9.26. The van der Waals surface area contributed by atoms with Gasteiger partial charge in [-0.15, -0.1) is 12.4 Å². The topological polar surface area (TPSA) is 35.2 Å². The second-order valence-electron chi connectivity index (χ2n) is 4.79. The van der Waals surface area contributed by atoms with Crippen LogP contribution in [0.2, 0.25) is 0 Å². The van der Waals surface area contributed by atoms with Gasteiger partial charge in [-0.1, -0.05) is 31.5 Å². The van der Waals surface area contributed by atoms with Crippen molar-refractivity contribution in [3.8, 4) is 5.75 Å². The minimum atomic E-state index is 0. The molecule has 18 heavy (non-hydrogen) atoms. The number of hydrogen-bond acceptors (Lipinski definition) is 2. The van der Waals surface area contributed by atoms with Gasteiger partial charge in [0.05, 0.1) is 6.61 Å². The summed E-state index contributed by atoms with van der Waals surface area (Å²) in [5.41, 5.74) is 9.80. The second-order valence-corrected chi connectivity index (χ2v) is 4.79. The second kappa shape index (κ2) is 8.39. The first-order valence-corrected chi connectivity index (χ1v) is 6.57. The highest BCUT2D eigenvalue weighted by atomic mass is 35.5. The molecule has 1 atom stereocenters. The van der Waals surface area contributed by atoms with Crippen molar-refractivity contribution in [1.29, 1.82) is 0 Å². The maximum Gasteiger partial charge on any atom is 0.125 e. The lowest BCUT2D eigenvalue weighted by Gasteiger charge is -2.17. The average molecular weight is 272 g/mol. The zero-order valence-corrected chi connectivity index (χ0v) is 12.8. The molecule has 0 heterocycles. The Morgan fingerprint density at radius 1 is 1.22 bits per heavy atom. The van der Waals surface area contributed by atoms with Gasteiger partial charge < -0.3 is 10.5 Å². The molecule has 1 aromatic carbocycles. The Hall–Kier alpha value is -0.730. The summed E-state index contributed by atoms with van der Waals surface area (Å²) in [5, 5.41) is 0. The third-order valence-corrected chi connectivity index (χ3v) is 2.95. The Bertz CT molecular complexity index is 366. The van der Waals surface area contributed by atoms with Crippen molar-refractivity contribution in [2.75, 3.05) is 6.61 Å². The molecule has 0 aliphatic carbocycles. The fourth-order valence-electron chi connectivity index (χ4n) is 2.03. The van der Waals surface area contributed by atoms with Gasteiger partial charge in [0.25, 0.3) is 0 Å². The lowest BCUT2D eigenvalue weighted by molar-refractivity contribution is 0.311. The Morgan fingerprint density at radius 3 is 2.44 bits per heavy atom. The van der Waals surface area contributed by atoms with Gasteiger partial charge >= 0.3 is 0 Å². The highest BCUT2D eigenvalue weighted by Gasteiger charge is 2.11. The predicted molar refractivity (Wildman–Crippen MR) is 80.9 cm³/mol. The summed E-state index contributed by atoms with van der Waals surface area (Å²) in [5.74, 6) is 1.04. The van der Waals surface area contributed by atoms with Crippen LogP contribution in [0.5, 0.6) is 5.75 Å². The van der Waals surface area contributed by atoms with Gasteiger partial charge in [-0.05, 0) is 44.2 Å². The third kappa shape index (κ3) is 4.87. The minimum absolute atomic E-state index is 0. The van der Waals surface area contributed by atoms with Crippen molar-refractivity contribution in [3.05, 3.63) is 28.8 Å². The molecule has 0 bridgehead atoms. The predicted octanol–water partition coefficient (Wildman–Crippen LogP) is 3.79. The van der Waals surface area contributed by atoms with E-state index >= 15 is 0 Å². The number of aryl methyl sites for hydroxylation is 2. The normalized spacial score (nSPS) is 11.8. The van der Waals surface area contributed by atoms with Crippen LogP contribution in [0.3, 0.4) is 0 Å². The SMILES string of the molecule is CCCOc1c(C)cc(C)cc1CC(N)CC.Cl. The lowest BCUT2D eigenvalue weighted by Crippen LogP contribution is -2.22. The lowest BCUT2D eigenvalue weighted by atomic mass is 9.99. The molecule has 0 fully saturated rings. The fourth-order valence-corrected chi connectivity index (χ4v) is 2.03. The molecular weight excluding hydrogens is 246 g/mol. The molecular formula is C15H26ClNO. The molecule has 2 N–H and O–H groups in total. The van der Waals surface area contributed by atoms with E-state index in [9.17, 15) is 0 Å². The highest BCUT2D eigenvalue weighted by Crippen LogP contribution is 2.27. The van der Waals surface area contributed by atoms with Gasteiger partial charge in [-0.2, -0.15) is 0 Å². The van der Waals surface area contributed by atoms with Gasteiger partial charge in [0, 0.05) is 6.04 Å². The van der Waals surface area contributed by atoms with E-state index in [-0.39, 0.29) is 18.4 Å². The van der Waals surface area contributed by atoms with Crippen molar-refractivity contribution < 1.29 is 4.74 Å². The van der Waals surface area contributed by atoms with Crippen molar-refractivity contribution in [3.63, 3.8) is 0 Å². The monoisotopic (exact) mass is 271 g/mol. The smallest absolute Gasteiger partial charge is 0.125 e. The van der Waals surface area contributed by atoms with E-state index in [1.165, 1.54) is 16.7 Å². The number of ether oxygens (including phenoxy) is 1. The van der Waals surface area contributed by atoms with E-state index in [4.69, 9.17) is 10.5 Å². The molecule has 104 valence electrons. The largest absolute Gasteiger partial charge is 0.493 e. The van der Waals surface area contributed by atoms with Crippen LogP contribution in [0, 0.1) is 13.8 Å². The summed E-state index contributed by atoms with van der Waals surface area (Å²) in [6.07, 6.45) is 2.94. The van der Waals surface area contributed by atoms with Gasteiger partial charge in [-0.25, -0.2) is 0 Å². The maximum atomic E-state index is 6.05. The quantitative estimate of drug-likeness (QED) is 0.854. The van der Waals surface area contributed by atoms with Crippen molar-refractivity contribution in [2.24, 2.45) is 5.73 Å². The molecule has 0 saturated carbocycles. The van der Waals surface area contributed by atoms with Crippen LogP contribution in [0.1, 0.15) is 43.4 Å². The summed E-state index contributed by atoms with van der Waals surface area (Å²) in [7, 11) is 0. The van der Waals surface area contributed by atoms with Gasteiger partial charge in [-0.3, -0.25) is 0 Å². The molecule has 0 saturated heterocycles. The zero-order valence-electron chi connectivity index (χ0n) is 12.0. The summed E-state index contributed by atoms with van der Waals surface area (Å²) in [4.78, 5) is 0. The highest BCUT2D eigenvalue weighted by molar-refractivity contribution is 5.85. The van der Waals surface area contributed by atoms with Crippen LogP contribution in [-0.4, -0.2) is 12.6 Å². The molecule has 0 aliphatic heterocycles. The Labute approximate surface area is 117 Å². The van der Waals surface area contributed by atoms with Gasteiger partial charge in [0.2, 0.25) is 0 Å². The van der Waals surface area contributed by atoms with Crippen molar-refractivity contribution >= 4 is 12.4 Å². The minimum Gasteiger partial charge on any atom is -0.493 e. The van der Waals surface area contributed by atoms with Crippen molar-refractivity contribution in [2.45, 2.75) is 53.0 Å². The molecule has 0 spiro atoms. The maximum absolute atomic E-state index is 6.05. The average Bonchev–Trinajstić information content (AvgIpc) is 2.27. The van der Waals surface area contributed by atoms with E-state index in [1.54, 1.807) is 0 Å². The van der Waals surface area contributed by atoms with Crippen LogP contribution in [0.4, 0.5) is 0 Å². The van der Waals surface area contributed by atoms with Crippen LogP contribution in [-0.2, 0) is 6.42 Å². The van der Waals surface area contributed by atoms with E-state index in [1.807, 2.05) is 0 Å². The van der Waals surface area contributed by atoms with E-state index in [0.29, 0.717) is 0 Å². The molecule has 1 aromatic rings. The Kier molecular flexibility index (Phi) is 8.05. The third-order valence-electron chi connectivity index (χ3n) is 2.95. The number of benzene rings is 1. The summed E-state index contributed by atoms with van der Waals surface area (Å²) < 4.78 is 5.86. The first-order valence-electron chi connectivity index (χ1n) is 6.57. The van der Waals surface area contributed by atoms with Crippen LogP contribution in [0.25, 0.3) is 0 Å². The van der Waals surface area contributed by atoms with Crippen molar-refractivity contribution in [1.82, 2.24) is 0 Å². The number of rotatable bonds is 6. The zero-order chi connectivity index (χ0) is 12.8.